The van der Waals surface area contributed by atoms with E-state index in [-0.39, 0.29) is 16.7 Å². The summed E-state index contributed by atoms with van der Waals surface area (Å²) in [5, 5.41) is 14.5. The molecule has 1 atom stereocenters. The maximum atomic E-state index is 13.1. The summed E-state index contributed by atoms with van der Waals surface area (Å²) in [6.45, 7) is 7.06. The minimum Gasteiger partial charge on any atom is -0.326 e. The van der Waals surface area contributed by atoms with E-state index in [4.69, 9.17) is 5.14 Å². The van der Waals surface area contributed by atoms with Crippen LogP contribution in [0.1, 0.15) is 45.6 Å². The molecule has 0 radical (unpaired) electrons. The number of carbonyl (C=O) groups excluding carboxylic acids is 3. The predicted octanol–water partition coefficient (Wildman–Crippen LogP) is 4.49. The summed E-state index contributed by atoms with van der Waals surface area (Å²) in [5.41, 5.74) is 3.83. The van der Waals surface area contributed by atoms with Crippen LogP contribution >= 0.6 is 0 Å². The lowest BCUT2D eigenvalue weighted by Gasteiger charge is -2.27. The number of amides is 2. The minimum absolute atomic E-state index is 0.0902. The Labute approximate surface area is 234 Å². The van der Waals surface area contributed by atoms with Gasteiger partial charge in [-0.15, -0.1) is 0 Å². The van der Waals surface area contributed by atoms with Gasteiger partial charge in [0.15, 0.2) is 11.5 Å². The molecule has 1 unspecified atom stereocenters. The minimum atomic E-state index is -3.86. The van der Waals surface area contributed by atoms with E-state index in [1.54, 1.807) is 24.3 Å². The largest absolute Gasteiger partial charge is 0.326 e. The van der Waals surface area contributed by atoms with E-state index in [9.17, 15) is 22.8 Å². The number of nitrogens with one attached hydrogen (secondary N) is 3. The lowest BCUT2D eigenvalue weighted by molar-refractivity contribution is -0.124. The Morgan fingerprint density at radius 3 is 2.05 bits per heavy atom. The summed E-state index contributed by atoms with van der Waals surface area (Å²) in [4.78, 5) is 38.0. The monoisotopic (exact) mass is 563 g/mol. The number of anilines is 3. The third-order valence-electron chi connectivity index (χ3n) is 6.21. The van der Waals surface area contributed by atoms with Crippen molar-refractivity contribution in [1.29, 1.82) is 0 Å². The van der Waals surface area contributed by atoms with Gasteiger partial charge in [-0.3, -0.25) is 19.8 Å². The highest BCUT2D eigenvalue weighted by Gasteiger charge is 2.30. The Hall–Kier alpha value is -4.35. The Morgan fingerprint density at radius 1 is 0.875 bits per heavy atom. The number of carbonyl (C=O) groups is 3. The standard InChI is InChI=1S/C29H33N5O5S/c1-19(21-9-6-5-7-10-21)18-29(3,4)28(37)32-24-12-8-11-23(17-24)31-27(36)26(20(2)35)34-33-22-13-15-25(16-14-22)40(30,38)39/h5-17,19,33H,18H2,1-4H3,(H,31,36)(H,32,37)(H2,30,38,39)/b34-26-. The molecule has 11 heteroatoms. The Morgan fingerprint density at radius 2 is 1.48 bits per heavy atom. The van der Waals surface area contributed by atoms with Gasteiger partial charge in [0.1, 0.15) is 0 Å². The highest BCUT2D eigenvalue weighted by Crippen LogP contribution is 2.32. The van der Waals surface area contributed by atoms with Gasteiger partial charge in [0.2, 0.25) is 15.9 Å². The molecule has 40 heavy (non-hydrogen) atoms. The summed E-state index contributed by atoms with van der Waals surface area (Å²) < 4.78 is 22.8. The average molecular weight is 564 g/mol. The van der Waals surface area contributed by atoms with E-state index in [1.165, 1.54) is 31.2 Å². The number of ketones is 1. The number of hydrogen-bond donors (Lipinski definition) is 4. The number of primary sulfonamides is 1. The smallest absolute Gasteiger partial charge is 0.279 e. The summed E-state index contributed by atoms with van der Waals surface area (Å²) in [6.07, 6.45) is 0.634. The summed E-state index contributed by atoms with van der Waals surface area (Å²) in [6, 6.07) is 21.9. The van der Waals surface area contributed by atoms with Crippen LogP contribution in [0.5, 0.6) is 0 Å². The third-order valence-corrected chi connectivity index (χ3v) is 7.14. The van der Waals surface area contributed by atoms with Crippen molar-refractivity contribution in [2.24, 2.45) is 15.7 Å². The van der Waals surface area contributed by atoms with E-state index >= 15 is 0 Å². The first-order valence-electron chi connectivity index (χ1n) is 12.5. The fraction of sp³-hybridized carbons (Fsp3) is 0.241. The number of benzene rings is 3. The number of nitrogens with two attached hydrogens (primary N) is 1. The van der Waals surface area contributed by atoms with Gasteiger partial charge in [0, 0.05) is 23.7 Å². The van der Waals surface area contributed by atoms with Gasteiger partial charge in [-0.2, -0.15) is 5.10 Å². The SMILES string of the molecule is CC(=O)/C(=N/Nc1ccc(S(N)(=O)=O)cc1)C(=O)Nc1cccc(NC(=O)C(C)(C)CC(C)c2ccccc2)c1. The predicted molar refractivity (Wildman–Crippen MR) is 157 cm³/mol. The van der Waals surface area contributed by atoms with E-state index in [0.717, 1.165) is 5.56 Å². The van der Waals surface area contributed by atoms with Crippen LogP contribution in [-0.4, -0.2) is 31.7 Å². The van der Waals surface area contributed by atoms with Crippen molar-refractivity contribution >= 4 is 50.4 Å². The zero-order valence-corrected chi connectivity index (χ0v) is 23.6. The van der Waals surface area contributed by atoms with Crippen LogP contribution in [-0.2, 0) is 24.4 Å². The lowest BCUT2D eigenvalue weighted by atomic mass is 9.80. The third kappa shape index (κ3) is 8.32. The second-order valence-electron chi connectivity index (χ2n) is 10.1. The van der Waals surface area contributed by atoms with E-state index in [2.05, 4.69) is 28.1 Å². The van der Waals surface area contributed by atoms with Crippen LogP contribution in [0.4, 0.5) is 17.1 Å². The van der Waals surface area contributed by atoms with Crippen LogP contribution in [0.2, 0.25) is 0 Å². The molecule has 5 N–H and O–H groups in total. The molecule has 3 aromatic carbocycles. The van der Waals surface area contributed by atoms with Crippen molar-refractivity contribution in [3.63, 3.8) is 0 Å². The number of rotatable bonds is 11. The summed E-state index contributed by atoms with van der Waals surface area (Å²) in [5.74, 6) is -1.34. The first-order valence-corrected chi connectivity index (χ1v) is 14.1. The van der Waals surface area contributed by atoms with E-state index in [0.29, 0.717) is 23.5 Å². The van der Waals surface area contributed by atoms with Gasteiger partial charge in [0.05, 0.1) is 10.6 Å². The number of Topliss-reactive ketones (excluding diaryl/α,β-unsaturated/α-hetero) is 1. The van der Waals surface area contributed by atoms with Crippen LogP contribution in [0.3, 0.4) is 0 Å². The molecule has 0 heterocycles. The van der Waals surface area contributed by atoms with Crippen LogP contribution in [0.25, 0.3) is 0 Å². The molecule has 0 bridgehead atoms. The fourth-order valence-corrected chi connectivity index (χ4v) is 4.57. The topological polar surface area (TPSA) is 160 Å². The van der Waals surface area contributed by atoms with Gasteiger partial charge < -0.3 is 10.6 Å². The molecule has 210 valence electrons. The highest BCUT2D eigenvalue weighted by molar-refractivity contribution is 7.89. The Balaban J connectivity index is 1.67. The van der Waals surface area contributed by atoms with Crippen molar-refractivity contribution in [2.75, 3.05) is 16.1 Å². The molecule has 0 aliphatic carbocycles. The van der Waals surface area contributed by atoms with Gasteiger partial charge in [-0.1, -0.05) is 57.2 Å². The van der Waals surface area contributed by atoms with Crippen molar-refractivity contribution in [3.8, 4) is 0 Å². The first-order chi connectivity index (χ1) is 18.8. The second kappa shape index (κ2) is 12.7. The van der Waals surface area contributed by atoms with Crippen molar-refractivity contribution in [1.82, 2.24) is 0 Å². The Kier molecular flexibility index (Phi) is 9.56. The normalized spacial score (nSPS) is 12.8. The molecule has 0 saturated heterocycles. The van der Waals surface area contributed by atoms with Gasteiger partial charge in [-0.05, 0) is 60.4 Å². The number of sulfonamides is 1. The van der Waals surface area contributed by atoms with Crippen molar-refractivity contribution in [2.45, 2.75) is 44.9 Å². The molecular weight excluding hydrogens is 530 g/mol. The molecule has 3 rings (SSSR count). The van der Waals surface area contributed by atoms with Gasteiger partial charge in [-0.25, -0.2) is 13.6 Å². The lowest BCUT2D eigenvalue weighted by Crippen LogP contribution is -2.32. The molecule has 10 nitrogen and oxygen atoms in total. The van der Waals surface area contributed by atoms with Crippen molar-refractivity contribution < 1.29 is 22.8 Å². The highest BCUT2D eigenvalue weighted by atomic mass is 32.2. The maximum Gasteiger partial charge on any atom is 0.279 e. The second-order valence-corrected chi connectivity index (χ2v) is 11.6. The van der Waals surface area contributed by atoms with Crippen LogP contribution < -0.4 is 21.2 Å². The summed E-state index contributed by atoms with van der Waals surface area (Å²) in [7, 11) is -3.86. The zero-order valence-electron chi connectivity index (χ0n) is 22.8. The van der Waals surface area contributed by atoms with Crippen LogP contribution in [0.15, 0.2) is 88.9 Å². The fourth-order valence-electron chi connectivity index (χ4n) is 4.05. The summed E-state index contributed by atoms with van der Waals surface area (Å²) >= 11 is 0. The first kappa shape index (κ1) is 30.2. The molecule has 0 aliphatic rings. The molecule has 3 aromatic rings. The molecule has 0 spiro atoms. The van der Waals surface area contributed by atoms with E-state index < -0.39 is 32.8 Å². The number of hydrazone groups is 1. The van der Waals surface area contributed by atoms with Gasteiger partial charge >= 0.3 is 0 Å². The molecule has 0 aliphatic heterocycles. The number of nitrogens with zero attached hydrogens (tertiary/aromatic N) is 1. The molecule has 0 aromatic heterocycles. The molecule has 2 amide bonds. The van der Waals surface area contributed by atoms with E-state index in [1.807, 2.05) is 44.2 Å². The average Bonchev–Trinajstić information content (AvgIpc) is 2.89. The molecule has 0 saturated carbocycles. The molecule has 0 fully saturated rings. The molecular formula is C29H33N5O5S. The van der Waals surface area contributed by atoms with Crippen LogP contribution in [0, 0.1) is 5.41 Å². The number of hydrogen-bond acceptors (Lipinski definition) is 7. The Bertz CT molecular complexity index is 1520. The van der Waals surface area contributed by atoms with Gasteiger partial charge in [0.25, 0.3) is 5.91 Å². The zero-order chi connectivity index (χ0) is 29.5. The quantitative estimate of drug-likeness (QED) is 0.153. The van der Waals surface area contributed by atoms with Crippen molar-refractivity contribution in [3.05, 3.63) is 84.4 Å². The maximum absolute atomic E-state index is 13.1.